The van der Waals surface area contributed by atoms with E-state index in [0.717, 1.165) is 18.6 Å². The highest BCUT2D eigenvalue weighted by Crippen LogP contribution is 2.40. The van der Waals surface area contributed by atoms with E-state index in [-0.39, 0.29) is 18.6 Å². The minimum Gasteiger partial charge on any atom is -0.322 e. The highest BCUT2D eigenvalue weighted by molar-refractivity contribution is 5.81. The van der Waals surface area contributed by atoms with E-state index in [4.69, 9.17) is 0 Å². The molecule has 1 saturated carbocycles. The van der Waals surface area contributed by atoms with Crippen LogP contribution >= 0.6 is 0 Å². The predicted molar refractivity (Wildman–Crippen MR) is 71.2 cm³/mol. The first-order chi connectivity index (χ1) is 9.86. The Hall–Kier alpha value is -1.56. The normalized spacial score (nSPS) is 29.0. The van der Waals surface area contributed by atoms with Crippen LogP contribution in [0.15, 0.2) is 24.3 Å². The molecule has 3 rings (SSSR count). The molecular weight excluding hydrogens is 281 g/mol. The predicted octanol–water partition coefficient (Wildman–Crippen LogP) is 2.79. The lowest BCUT2D eigenvalue weighted by molar-refractivity contribution is -0.137. The van der Waals surface area contributed by atoms with E-state index < -0.39 is 11.7 Å². The lowest BCUT2D eigenvalue weighted by Crippen LogP contribution is -2.32. The van der Waals surface area contributed by atoms with Crippen LogP contribution in [0.2, 0.25) is 0 Å². The van der Waals surface area contributed by atoms with Crippen molar-refractivity contribution in [2.45, 2.75) is 25.7 Å². The molecule has 6 heteroatoms. The van der Waals surface area contributed by atoms with Gasteiger partial charge < -0.3 is 4.90 Å². The number of benzene rings is 1. The molecule has 0 bridgehead atoms. The van der Waals surface area contributed by atoms with Gasteiger partial charge in [0.2, 0.25) is 5.91 Å². The van der Waals surface area contributed by atoms with Gasteiger partial charge in [-0.1, -0.05) is 19.1 Å². The summed E-state index contributed by atoms with van der Waals surface area (Å²) >= 11 is 0. The average Bonchev–Trinajstić information content (AvgIpc) is 2.99. The number of halogens is 3. The Labute approximate surface area is 121 Å². The molecule has 3 unspecified atom stereocenters. The maximum absolute atomic E-state index is 12.6. The summed E-state index contributed by atoms with van der Waals surface area (Å²) < 4.78 is 37.7. The number of carbonyl (C=O) groups is 1. The molecule has 3 nitrogen and oxygen atoms in total. The van der Waals surface area contributed by atoms with Gasteiger partial charge in [-0.2, -0.15) is 13.2 Å². The fraction of sp³-hybridized carbons (Fsp3) is 0.533. The average molecular weight is 298 g/mol. The van der Waals surface area contributed by atoms with Crippen molar-refractivity contribution < 1.29 is 18.0 Å². The minimum absolute atomic E-state index is 0.0130. The van der Waals surface area contributed by atoms with Gasteiger partial charge in [0.05, 0.1) is 12.1 Å². The molecule has 1 amide bonds. The number of carbonyl (C=O) groups excluding carboxylic acids is 1. The Balaban J connectivity index is 1.76. The first-order valence-electron chi connectivity index (χ1n) is 7.06. The van der Waals surface area contributed by atoms with Gasteiger partial charge in [0.15, 0.2) is 0 Å². The van der Waals surface area contributed by atoms with Crippen molar-refractivity contribution in [3.05, 3.63) is 35.4 Å². The fourth-order valence-corrected chi connectivity index (χ4v) is 2.81. The minimum atomic E-state index is -4.33. The van der Waals surface area contributed by atoms with Gasteiger partial charge in [-0.25, -0.2) is 0 Å². The van der Waals surface area contributed by atoms with E-state index in [1.807, 2.05) is 0 Å². The Kier molecular flexibility index (Phi) is 3.43. The molecule has 1 saturated heterocycles. The molecule has 0 spiro atoms. The Morgan fingerprint density at radius 2 is 1.90 bits per heavy atom. The summed E-state index contributed by atoms with van der Waals surface area (Å²) in [6.45, 7) is 3.07. The van der Waals surface area contributed by atoms with Crippen molar-refractivity contribution >= 4 is 5.91 Å². The Morgan fingerprint density at radius 1 is 1.29 bits per heavy atom. The third-order valence-electron chi connectivity index (χ3n) is 4.34. The molecule has 114 valence electrons. The van der Waals surface area contributed by atoms with E-state index in [2.05, 4.69) is 12.2 Å². The summed E-state index contributed by atoms with van der Waals surface area (Å²) in [7, 11) is 0. The van der Waals surface area contributed by atoms with Crippen LogP contribution in [-0.4, -0.2) is 23.9 Å². The fourth-order valence-electron chi connectivity index (χ4n) is 2.81. The molecule has 3 atom stereocenters. The number of amides is 1. The summed E-state index contributed by atoms with van der Waals surface area (Å²) in [5.74, 6) is 1.16. The summed E-state index contributed by atoms with van der Waals surface area (Å²) in [4.78, 5) is 13.7. The molecule has 2 fully saturated rings. The van der Waals surface area contributed by atoms with Crippen LogP contribution in [0.25, 0.3) is 0 Å². The second-order valence-electron chi connectivity index (χ2n) is 5.92. The quantitative estimate of drug-likeness (QED) is 0.930. The molecule has 1 N–H and O–H groups in total. The molecule has 1 aromatic carbocycles. The van der Waals surface area contributed by atoms with Gasteiger partial charge in [0.25, 0.3) is 0 Å². The van der Waals surface area contributed by atoms with Gasteiger partial charge in [-0.05, 0) is 36.0 Å². The van der Waals surface area contributed by atoms with Crippen LogP contribution in [0.4, 0.5) is 13.2 Å². The van der Waals surface area contributed by atoms with Crippen molar-refractivity contribution in [3.8, 4) is 0 Å². The lowest BCUT2D eigenvalue weighted by Gasteiger charge is -2.25. The molecule has 21 heavy (non-hydrogen) atoms. The summed E-state index contributed by atoms with van der Waals surface area (Å²) in [6, 6.07) is 5.03. The third kappa shape index (κ3) is 2.90. The zero-order valence-corrected chi connectivity index (χ0v) is 11.7. The Morgan fingerprint density at radius 3 is 2.43 bits per heavy atom. The molecule has 2 aliphatic rings. The van der Waals surface area contributed by atoms with Crippen LogP contribution in [0.1, 0.15) is 30.6 Å². The van der Waals surface area contributed by atoms with E-state index >= 15 is 0 Å². The van der Waals surface area contributed by atoms with Gasteiger partial charge in [-0.3, -0.25) is 10.1 Å². The Bertz CT molecular complexity index is 541. The smallest absolute Gasteiger partial charge is 0.322 e. The van der Waals surface area contributed by atoms with Crippen molar-refractivity contribution in [2.75, 3.05) is 13.1 Å². The van der Waals surface area contributed by atoms with Crippen molar-refractivity contribution in [3.63, 3.8) is 0 Å². The maximum Gasteiger partial charge on any atom is 0.416 e. The summed E-state index contributed by atoms with van der Waals surface area (Å²) in [5, 5.41) is 3.07. The molecule has 1 aliphatic heterocycles. The zero-order chi connectivity index (χ0) is 15.2. The van der Waals surface area contributed by atoms with Crippen molar-refractivity contribution in [2.24, 2.45) is 11.8 Å². The zero-order valence-electron chi connectivity index (χ0n) is 11.7. The number of rotatable bonds is 3. The standard InChI is InChI=1S/C15H17F3N2O/c1-9-6-11(9)8-20-13(21)7-19-14(20)10-2-4-12(5-3-10)15(16,17)18/h2-5,9,11,14,19H,6-8H2,1H3. The summed E-state index contributed by atoms with van der Waals surface area (Å²) in [6.07, 6.45) is -3.53. The van der Waals surface area contributed by atoms with Crippen LogP contribution in [0, 0.1) is 11.8 Å². The van der Waals surface area contributed by atoms with Crippen LogP contribution < -0.4 is 5.32 Å². The van der Waals surface area contributed by atoms with Gasteiger partial charge in [-0.15, -0.1) is 0 Å². The second kappa shape index (κ2) is 5.02. The molecule has 0 radical (unpaired) electrons. The molecule has 1 heterocycles. The van der Waals surface area contributed by atoms with Gasteiger partial charge >= 0.3 is 6.18 Å². The lowest BCUT2D eigenvalue weighted by atomic mass is 10.1. The maximum atomic E-state index is 12.6. The first-order valence-corrected chi connectivity index (χ1v) is 7.06. The van der Waals surface area contributed by atoms with E-state index in [1.54, 1.807) is 4.90 Å². The van der Waals surface area contributed by atoms with Crippen LogP contribution in [0.3, 0.4) is 0 Å². The van der Waals surface area contributed by atoms with Crippen LogP contribution in [-0.2, 0) is 11.0 Å². The summed E-state index contributed by atoms with van der Waals surface area (Å²) in [5.41, 5.74) is 0.0279. The molecule has 0 aromatic heterocycles. The van der Waals surface area contributed by atoms with Crippen LogP contribution in [0.5, 0.6) is 0 Å². The largest absolute Gasteiger partial charge is 0.416 e. The monoisotopic (exact) mass is 298 g/mol. The second-order valence-corrected chi connectivity index (χ2v) is 5.92. The van der Waals surface area contributed by atoms with Gasteiger partial charge in [0.1, 0.15) is 6.17 Å². The molecule has 1 aromatic rings. The van der Waals surface area contributed by atoms with E-state index in [0.29, 0.717) is 23.9 Å². The topological polar surface area (TPSA) is 32.3 Å². The number of nitrogens with one attached hydrogen (secondary N) is 1. The van der Waals surface area contributed by atoms with E-state index in [1.165, 1.54) is 12.1 Å². The van der Waals surface area contributed by atoms with E-state index in [9.17, 15) is 18.0 Å². The number of hydrogen-bond acceptors (Lipinski definition) is 2. The van der Waals surface area contributed by atoms with Gasteiger partial charge in [0, 0.05) is 6.54 Å². The highest BCUT2D eigenvalue weighted by atomic mass is 19.4. The third-order valence-corrected chi connectivity index (χ3v) is 4.34. The highest BCUT2D eigenvalue weighted by Gasteiger charge is 2.40. The SMILES string of the molecule is CC1CC1CN1C(=O)CNC1c1ccc(C(F)(F)F)cc1. The van der Waals surface area contributed by atoms with Crippen molar-refractivity contribution in [1.29, 1.82) is 0 Å². The number of nitrogens with zero attached hydrogens (tertiary/aromatic N) is 1. The first kappa shape index (κ1) is 14.4. The number of hydrogen-bond donors (Lipinski definition) is 1. The molecular formula is C15H17F3N2O. The molecule has 1 aliphatic carbocycles. The van der Waals surface area contributed by atoms with Crippen molar-refractivity contribution in [1.82, 2.24) is 10.2 Å². The number of alkyl halides is 3.